The third-order valence-electron chi connectivity index (χ3n) is 2.91. The first-order chi connectivity index (χ1) is 8.24. The van der Waals surface area contributed by atoms with Gasteiger partial charge in [0, 0.05) is 4.47 Å². The first kappa shape index (κ1) is 12.9. The van der Waals surface area contributed by atoms with Crippen LogP contribution in [0.2, 0.25) is 5.02 Å². The largest absolute Gasteiger partial charge is 0.501 e. The lowest BCUT2D eigenvalue weighted by Gasteiger charge is -2.24. The van der Waals surface area contributed by atoms with Gasteiger partial charge in [0.1, 0.15) is 0 Å². The first-order valence-corrected chi connectivity index (χ1v) is 6.83. The van der Waals surface area contributed by atoms with Gasteiger partial charge in [0.05, 0.1) is 23.9 Å². The van der Waals surface area contributed by atoms with Crippen LogP contribution >= 0.6 is 27.5 Å². The maximum Gasteiger partial charge on any atom is 0.0876 e. The summed E-state index contributed by atoms with van der Waals surface area (Å²) >= 11 is 9.79. The van der Waals surface area contributed by atoms with Gasteiger partial charge in [-0.25, -0.2) is 0 Å². The van der Waals surface area contributed by atoms with Gasteiger partial charge < -0.3 is 10.1 Å². The van der Waals surface area contributed by atoms with Crippen LogP contribution in [0.15, 0.2) is 34.5 Å². The molecule has 0 fully saturated rings. The van der Waals surface area contributed by atoms with Crippen molar-refractivity contribution in [3.8, 4) is 0 Å². The van der Waals surface area contributed by atoms with Gasteiger partial charge in [-0.3, -0.25) is 0 Å². The number of likely N-dealkylation sites (N-methyl/N-ethyl adjacent to an activating group) is 1. The van der Waals surface area contributed by atoms with Gasteiger partial charge in [-0.15, -0.1) is 0 Å². The van der Waals surface area contributed by atoms with Gasteiger partial charge in [-0.2, -0.15) is 0 Å². The van der Waals surface area contributed by atoms with E-state index >= 15 is 0 Å². The standard InChI is InChI=1S/C13H15BrClNO/c1-16-13(9-4-3-7-17-8-9)10-5-2-6-11(14)12(10)15/h2,5-6,8,13,16H,3-4,7H2,1H3. The van der Waals surface area contributed by atoms with Crippen molar-refractivity contribution in [2.45, 2.75) is 18.9 Å². The summed E-state index contributed by atoms with van der Waals surface area (Å²) < 4.78 is 6.32. The van der Waals surface area contributed by atoms with Crippen molar-refractivity contribution in [1.82, 2.24) is 5.32 Å². The van der Waals surface area contributed by atoms with Crippen LogP contribution in [0.5, 0.6) is 0 Å². The molecular formula is C13H15BrClNO. The summed E-state index contributed by atoms with van der Waals surface area (Å²) in [5, 5.41) is 4.06. The molecule has 0 spiro atoms. The summed E-state index contributed by atoms with van der Waals surface area (Å²) in [4.78, 5) is 0. The summed E-state index contributed by atoms with van der Waals surface area (Å²) in [5.41, 5.74) is 2.33. The molecule has 1 aromatic rings. The predicted octanol–water partition coefficient (Wildman–Crippen LogP) is 4.06. The Morgan fingerprint density at radius 1 is 1.47 bits per heavy atom. The van der Waals surface area contributed by atoms with Gasteiger partial charge in [0.25, 0.3) is 0 Å². The molecule has 0 saturated heterocycles. The number of ether oxygens (including phenoxy) is 1. The number of benzene rings is 1. The Balaban J connectivity index is 2.34. The minimum atomic E-state index is 0.125. The zero-order chi connectivity index (χ0) is 12.3. The Morgan fingerprint density at radius 2 is 2.29 bits per heavy atom. The molecule has 0 saturated carbocycles. The fourth-order valence-corrected chi connectivity index (χ4v) is 2.70. The van der Waals surface area contributed by atoms with E-state index in [0.29, 0.717) is 0 Å². The Morgan fingerprint density at radius 3 is 2.94 bits per heavy atom. The molecule has 1 N–H and O–H groups in total. The quantitative estimate of drug-likeness (QED) is 0.908. The lowest BCUT2D eigenvalue weighted by Crippen LogP contribution is -2.21. The molecular weight excluding hydrogens is 302 g/mol. The van der Waals surface area contributed by atoms with Crippen LogP contribution in [-0.4, -0.2) is 13.7 Å². The van der Waals surface area contributed by atoms with Crippen LogP contribution < -0.4 is 5.32 Å². The van der Waals surface area contributed by atoms with E-state index in [4.69, 9.17) is 16.3 Å². The molecule has 4 heteroatoms. The van der Waals surface area contributed by atoms with Gasteiger partial charge in [-0.1, -0.05) is 23.7 Å². The van der Waals surface area contributed by atoms with E-state index in [1.807, 2.05) is 31.5 Å². The molecule has 1 aliphatic heterocycles. The number of hydrogen-bond acceptors (Lipinski definition) is 2. The average Bonchev–Trinajstić information content (AvgIpc) is 2.37. The lowest BCUT2D eigenvalue weighted by atomic mass is 9.95. The minimum absolute atomic E-state index is 0.125. The maximum absolute atomic E-state index is 6.33. The van der Waals surface area contributed by atoms with Crippen LogP contribution in [0.3, 0.4) is 0 Å². The number of halogens is 2. The molecule has 0 aliphatic carbocycles. The van der Waals surface area contributed by atoms with Gasteiger partial charge in [0.15, 0.2) is 0 Å². The van der Waals surface area contributed by atoms with Gasteiger partial charge in [0.2, 0.25) is 0 Å². The third-order valence-corrected chi connectivity index (χ3v) is 4.23. The van der Waals surface area contributed by atoms with Crippen molar-refractivity contribution >= 4 is 27.5 Å². The smallest absolute Gasteiger partial charge is 0.0876 e. The predicted molar refractivity (Wildman–Crippen MR) is 74.2 cm³/mol. The molecule has 2 nitrogen and oxygen atoms in total. The summed E-state index contributed by atoms with van der Waals surface area (Å²) in [6.07, 6.45) is 3.98. The second-order valence-corrected chi connectivity index (χ2v) is 5.26. The zero-order valence-electron chi connectivity index (χ0n) is 9.67. The van der Waals surface area contributed by atoms with Crippen LogP contribution in [0.4, 0.5) is 0 Å². The molecule has 1 unspecified atom stereocenters. The van der Waals surface area contributed by atoms with E-state index in [-0.39, 0.29) is 6.04 Å². The van der Waals surface area contributed by atoms with Crippen LogP contribution in [0, 0.1) is 0 Å². The Kier molecular flexibility index (Phi) is 4.48. The molecule has 92 valence electrons. The van der Waals surface area contributed by atoms with E-state index in [1.54, 1.807) is 0 Å². The molecule has 0 bridgehead atoms. The van der Waals surface area contributed by atoms with Crippen molar-refractivity contribution in [3.05, 3.63) is 45.1 Å². The molecule has 1 aliphatic rings. The first-order valence-electron chi connectivity index (χ1n) is 5.65. The highest BCUT2D eigenvalue weighted by Gasteiger charge is 2.20. The minimum Gasteiger partial charge on any atom is -0.501 e. The van der Waals surface area contributed by atoms with E-state index in [1.165, 1.54) is 5.57 Å². The van der Waals surface area contributed by atoms with Gasteiger partial charge >= 0.3 is 0 Å². The second kappa shape index (κ2) is 5.89. The molecule has 1 aromatic carbocycles. The highest BCUT2D eigenvalue weighted by Crippen LogP contribution is 2.35. The molecule has 0 amide bonds. The molecule has 0 radical (unpaired) electrons. The normalized spacial score (nSPS) is 17.2. The second-order valence-electron chi connectivity index (χ2n) is 4.03. The highest BCUT2D eigenvalue weighted by molar-refractivity contribution is 9.10. The van der Waals surface area contributed by atoms with E-state index < -0.39 is 0 Å². The van der Waals surface area contributed by atoms with Crippen LogP contribution in [-0.2, 0) is 4.74 Å². The Hall–Kier alpha value is -0.510. The fraction of sp³-hybridized carbons (Fsp3) is 0.385. The summed E-state index contributed by atoms with van der Waals surface area (Å²) in [5.74, 6) is 0. The molecule has 1 heterocycles. The van der Waals surface area contributed by atoms with Crippen molar-refractivity contribution < 1.29 is 4.74 Å². The van der Waals surface area contributed by atoms with Crippen LogP contribution in [0.25, 0.3) is 0 Å². The highest BCUT2D eigenvalue weighted by atomic mass is 79.9. The summed E-state index contributed by atoms with van der Waals surface area (Å²) in [6, 6.07) is 6.12. The van der Waals surface area contributed by atoms with Gasteiger partial charge in [-0.05, 0) is 53.0 Å². The van der Waals surface area contributed by atoms with Crippen molar-refractivity contribution in [3.63, 3.8) is 0 Å². The number of hydrogen-bond donors (Lipinski definition) is 1. The Labute approximate surface area is 115 Å². The SMILES string of the molecule is CNC(C1=COCCC1)c1cccc(Br)c1Cl. The number of nitrogens with one attached hydrogen (secondary N) is 1. The third kappa shape index (κ3) is 2.84. The van der Waals surface area contributed by atoms with E-state index in [2.05, 4.69) is 21.2 Å². The fourth-order valence-electron chi connectivity index (χ4n) is 2.08. The Bertz CT molecular complexity index is 433. The monoisotopic (exact) mass is 315 g/mol. The topological polar surface area (TPSA) is 21.3 Å². The van der Waals surface area contributed by atoms with E-state index in [9.17, 15) is 0 Å². The number of rotatable bonds is 3. The van der Waals surface area contributed by atoms with Crippen molar-refractivity contribution in [2.75, 3.05) is 13.7 Å². The lowest BCUT2D eigenvalue weighted by molar-refractivity contribution is 0.220. The van der Waals surface area contributed by atoms with Crippen molar-refractivity contribution in [2.24, 2.45) is 0 Å². The molecule has 1 atom stereocenters. The summed E-state index contributed by atoms with van der Waals surface area (Å²) in [6.45, 7) is 0.812. The zero-order valence-corrected chi connectivity index (χ0v) is 12.0. The summed E-state index contributed by atoms with van der Waals surface area (Å²) in [7, 11) is 1.94. The maximum atomic E-state index is 6.33. The van der Waals surface area contributed by atoms with E-state index in [0.717, 1.165) is 34.5 Å². The average molecular weight is 317 g/mol. The van der Waals surface area contributed by atoms with Crippen LogP contribution in [0.1, 0.15) is 24.4 Å². The molecule has 17 heavy (non-hydrogen) atoms. The van der Waals surface area contributed by atoms with Crippen molar-refractivity contribution in [1.29, 1.82) is 0 Å². The molecule has 0 aromatic heterocycles. The molecule has 2 rings (SSSR count).